The Balaban J connectivity index is 1.71. The molecule has 0 heterocycles. The van der Waals surface area contributed by atoms with Crippen molar-refractivity contribution in [3.05, 3.63) is 94.0 Å². The smallest absolute Gasteiger partial charge is 0.269 e. The first-order valence-electron chi connectivity index (χ1n) is 9.71. The number of nitro groups is 1. The lowest BCUT2D eigenvalue weighted by Gasteiger charge is -2.20. The number of nitrogens with zero attached hydrogens (tertiary/aromatic N) is 2. The summed E-state index contributed by atoms with van der Waals surface area (Å²) in [6, 6.07) is 16.5. The molecule has 0 fully saturated rings. The van der Waals surface area contributed by atoms with Crippen LogP contribution in [0.15, 0.2) is 77.7 Å². The van der Waals surface area contributed by atoms with Crippen LogP contribution < -0.4 is 19.9 Å². The fraction of sp³-hybridized carbons (Fsp3) is 0.0909. The van der Waals surface area contributed by atoms with Crippen LogP contribution in [-0.4, -0.2) is 39.3 Å². The number of anilines is 1. The lowest BCUT2D eigenvalue weighted by Crippen LogP contribution is -2.41. The molecule has 0 unspecified atom stereocenters. The van der Waals surface area contributed by atoms with E-state index in [0.717, 1.165) is 16.4 Å². The number of carbonyl (C=O) groups excluding carboxylic acids is 2. The summed E-state index contributed by atoms with van der Waals surface area (Å²) in [4.78, 5) is 34.6. The topological polar surface area (TPSA) is 148 Å². The van der Waals surface area contributed by atoms with E-state index < -0.39 is 26.8 Å². The van der Waals surface area contributed by atoms with Crippen LogP contribution in [0, 0.1) is 10.1 Å². The van der Waals surface area contributed by atoms with Gasteiger partial charge in [0.25, 0.3) is 27.5 Å². The lowest BCUT2D eigenvalue weighted by molar-refractivity contribution is -0.384. The second-order valence-electron chi connectivity index (χ2n) is 6.91. The number of benzene rings is 3. The number of non-ortho nitro benzene ring substituents is 1. The molecule has 3 aromatic rings. The highest BCUT2D eigenvalue weighted by Crippen LogP contribution is 2.24. The molecule has 0 aliphatic carbocycles. The van der Waals surface area contributed by atoms with E-state index in [1.54, 1.807) is 24.3 Å². The highest BCUT2D eigenvalue weighted by Gasteiger charge is 2.23. The Hall–Kier alpha value is -4.45. The maximum Gasteiger partial charge on any atom is 0.269 e. The third-order valence-electron chi connectivity index (χ3n) is 4.82. The second-order valence-corrected chi connectivity index (χ2v) is 8.88. The minimum absolute atomic E-state index is 0.00629. The van der Waals surface area contributed by atoms with Gasteiger partial charge in [-0.1, -0.05) is 6.07 Å². The zero-order valence-corrected chi connectivity index (χ0v) is 18.9. The van der Waals surface area contributed by atoms with Crippen molar-refractivity contribution < 1.29 is 27.7 Å². The first-order valence-corrected chi connectivity index (χ1v) is 11.2. The number of methoxy groups -OCH3 is 1. The maximum absolute atomic E-state index is 13.0. The number of sulfonamides is 1. The Labute approximate surface area is 195 Å². The predicted octanol–water partition coefficient (Wildman–Crippen LogP) is 2.50. The highest BCUT2D eigenvalue weighted by molar-refractivity contribution is 7.92. The highest BCUT2D eigenvalue weighted by atomic mass is 32.2. The summed E-state index contributed by atoms with van der Waals surface area (Å²) in [5, 5.41) is 10.7. The molecule has 0 aliphatic heterocycles. The molecule has 0 atom stereocenters. The molecule has 0 aliphatic rings. The minimum atomic E-state index is -3.98. The number of ether oxygens (including phenoxy) is 1. The molecule has 12 heteroatoms. The van der Waals surface area contributed by atoms with Gasteiger partial charge in [0, 0.05) is 30.3 Å². The molecule has 0 saturated carbocycles. The Morgan fingerprint density at radius 2 is 1.50 bits per heavy atom. The summed E-state index contributed by atoms with van der Waals surface area (Å²) in [5.41, 5.74) is 4.67. The average Bonchev–Trinajstić information content (AvgIpc) is 2.86. The molecule has 3 rings (SSSR count). The van der Waals surface area contributed by atoms with E-state index in [1.807, 2.05) is 0 Å². The monoisotopic (exact) mass is 484 g/mol. The number of nitro benzene ring substituents is 1. The van der Waals surface area contributed by atoms with Gasteiger partial charge in [-0.3, -0.25) is 34.9 Å². The molecular weight excluding hydrogens is 464 g/mol. The Kier molecular flexibility index (Phi) is 7.12. The molecular formula is C22H20N4O7S. The summed E-state index contributed by atoms with van der Waals surface area (Å²) < 4.78 is 32.2. The lowest BCUT2D eigenvalue weighted by atomic mass is 10.2. The predicted molar refractivity (Wildman–Crippen MR) is 123 cm³/mol. The zero-order valence-electron chi connectivity index (χ0n) is 18.1. The first kappa shape index (κ1) is 24.2. The molecule has 0 saturated heterocycles. The van der Waals surface area contributed by atoms with Crippen LogP contribution in [0.4, 0.5) is 11.4 Å². The number of carbonyl (C=O) groups is 2. The van der Waals surface area contributed by atoms with Crippen molar-refractivity contribution in [1.29, 1.82) is 0 Å². The van der Waals surface area contributed by atoms with Gasteiger partial charge in [0.05, 0.1) is 22.6 Å². The molecule has 0 aromatic heterocycles. The molecule has 176 valence electrons. The second kappa shape index (κ2) is 10.0. The van der Waals surface area contributed by atoms with Gasteiger partial charge in [-0.05, 0) is 54.6 Å². The van der Waals surface area contributed by atoms with E-state index in [1.165, 1.54) is 50.6 Å². The Bertz CT molecular complexity index is 1320. The largest absolute Gasteiger partial charge is 0.497 e. The SMILES string of the molecule is COc1ccc(N(C)S(=O)(=O)c2cccc(C(=O)NNC(=O)c3ccc([N+](=O)[O-])cc3)c2)cc1. The first-order chi connectivity index (χ1) is 16.1. The summed E-state index contributed by atoms with van der Waals surface area (Å²) >= 11 is 0. The normalized spacial score (nSPS) is 10.8. The van der Waals surface area contributed by atoms with Crippen LogP contribution >= 0.6 is 0 Å². The fourth-order valence-corrected chi connectivity index (χ4v) is 4.12. The summed E-state index contributed by atoms with van der Waals surface area (Å²) in [6.45, 7) is 0. The van der Waals surface area contributed by atoms with E-state index in [2.05, 4.69) is 10.9 Å². The van der Waals surface area contributed by atoms with E-state index in [9.17, 15) is 28.1 Å². The van der Waals surface area contributed by atoms with Gasteiger partial charge in [0.2, 0.25) is 0 Å². The standard InChI is InChI=1S/C22H20N4O7S/c1-25(17-10-12-19(33-2)13-11-17)34(31,32)20-5-3-4-16(14-20)22(28)24-23-21(27)15-6-8-18(9-7-15)26(29)30/h3-14H,1-2H3,(H,23,27)(H,24,28). The third-order valence-corrected chi connectivity index (χ3v) is 6.60. The number of hydrazine groups is 1. The molecule has 34 heavy (non-hydrogen) atoms. The Morgan fingerprint density at radius 3 is 2.06 bits per heavy atom. The number of nitrogens with one attached hydrogen (secondary N) is 2. The number of hydrogen-bond donors (Lipinski definition) is 2. The molecule has 2 amide bonds. The van der Waals surface area contributed by atoms with Gasteiger partial charge in [0.15, 0.2) is 0 Å². The summed E-state index contributed by atoms with van der Waals surface area (Å²) in [5.74, 6) is -0.880. The van der Waals surface area contributed by atoms with E-state index in [4.69, 9.17) is 4.74 Å². The van der Waals surface area contributed by atoms with Crippen LogP contribution in [0.5, 0.6) is 5.75 Å². The average molecular weight is 484 g/mol. The van der Waals surface area contributed by atoms with Gasteiger partial charge >= 0.3 is 0 Å². The van der Waals surface area contributed by atoms with Gasteiger partial charge in [0.1, 0.15) is 5.75 Å². The maximum atomic E-state index is 13.0. The van der Waals surface area contributed by atoms with Gasteiger partial charge in [-0.2, -0.15) is 0 Å². The molecule has 2 N–H and O–H groups in total. The van der Waals surface area contributed by atoms with Crippen molar-refractivity contribution in [2.45, 2.75) is 4.90 Å². The van der Waals surface area contributed by atoms with E-state index >= 15 is 0 Å². The Morgan fingerprint density at radius 1 is 0.912 bits per heavy atom. The fourth-order valence-electron chi connectivity index (χ4n) is 2.88. The number of hydrogen-bond acceptors (Lipinski definition) is 7. The van der Waals surface area contributed by atoms with E-state index in [0.29, 0.717) is 11.4 Å². The van der Waals surface area contributed by atoms with Crippen LogP contribution in [0.25, 0.3) is 0 Å². The quantitative estimate of drug-likeness (QED) is 0.387. The van der Waals surface area contributed by atoms with Gasteiger partial charge < -0.3 is 4.74 Å². The van der Waals surface area contributed by atoms with Crippen molar-refractivity contribution in [1.82, 2.24) is 10.9 Å². The van der Waals surface area contributed by atoms with Crippen molar-refractivity contribution in [2.75, 3.05) is 18.5 Å². The molecule has 0 radical (unpaired) electrons. The number of amides is 2. The van der Waals surface area contributed by atoms with Gasteiger partial charge in [-0.15, -0.1) is 0 Å². The van der Waals surface area contributed by atoms with Crippen LogP contribution in [0.3, 0.4) is 0 Å². The van der Waals surface area contributed by atoms with Gasteiger partial charge in [-0.25, -0.2) is 8.42 Å². The summed E-state index contributed by atoms with van der Waals surface area (Å²) in [6.07, 6.45) is 0. The third kappa shape index (κ3) is 5.30. The van der Waals surface area contributed by atoms with Crippen molar-refractivity contribution >= 4 is 33.2 Å². The van der Waals surface area contributed by atoms with Crippen molar-refractivity contribution in [2.24, 2.45) is 0 Å². The van der Waals surface area contributed by atoms with Crippen molar-refractivity contribution in [3.63, 3.8) is 0 Å². The zero-order chi connectivity index (χ0) is 24.9. The molecule has 3 aromatic carbocycles. The molecule has 0 spiro atoms. The van der Waals surface area contributed by atoms with Crippen molar-refractivity contribution in [3.8, 4) is 5.75 Å². The minimum Gasteiger partial charge on any atom is -0.497 e. The summed E-state index contributed by atoms with van der Waals surface area (Å²) in [7, 11) is -1.10. The van der Waals surface area contributed by atoms with Crippen LogP contribution in [-0.2, 0) is 10.0 Å². The number of rotatable bonds is 7. The molecule has 0 bridgehead atoms. The van der Waals surface area contributed by atoms with Crippen LogP contribution in [0.1, 0.15) is 20.7 Å². The molecule has 11 nitrogen and oxygen atoms in total. The van der Waals surface area contributed by atoms with Crippen LogP contribution in [0.2, 0.25) is 0 Å². The van der Waals surface area contributed by atoms with E-state index in [-0.39, 0.29) is 21.7 Å².